The van der Waals surface area contributed by atoms with E-state index in [-0.39, 0.29) is 24.2 Å². The number of hydrogen-bond donors (Lipinski definition) is 1. The number of nitrogens with zero attached hydrogens (tertiary/aromatic N) is 3. The molecule has 1 aliphatic rings. The second kappa shape index (κ2) is 6.07. The summed E-state index contributed by atoms with van der Waals surface area (Å²) in [7, 11) is -1.98. The summed E-state index contributed by atoms with van der Waals surface area (Å²) in [6.07, 6.45) is 3.10. The molecule has 0 radical (unpaired) electrons. The van der Waals surface area contributed by atoms with Crippen LogP contribution >= 0.6 is 0 Å². The summed E-state index contributed by atoms with van der Waals surface area (Å²) < 4.78 is 29.1. The first kappa shape index (κ1) is 16.2. The van der Waals surface area contributed by atoms with Gasteiger partial charge in [-0.2, -0.15) is 4.31 Å². The summed E-state index contributed by atoms with van der Waals surface area (Å²) in [5.74, 6) is 0.638. The van der Waals surface area contributed by atoms with E-state index in [4.69, 9.17) is 0 Å². The molecule has 0 aliphatic heterocycles. The van der Waals surface area contributed by atoms with Gasteiger partial charge in [0, 0.05) is 19.8 Å². The first-order valence-corrected chi connectivity index (χ1v) is 9.09. The molecule has 2 aromatic rings. The Morgan fingerprint density at radius 2 is 2.13 bits per heavy atom. The molecule has 0 saturated heterocycles. The van der Waals surface area contributed by atoms with Gasteiger partial charge >= 0.3 is 0 Å². The van der Waals surface area contributed by atoms with Gasteiger partial charge < -0.3 is 9.67 Å². The fourth-order valence-electron chi connectivity index (χ4n) is 3.15. The number of aromatic nitrogens is 2. The molecular weight excluding hydrogens is 314 g/mol. The number of sulfonamides is 1. The summed E-state index contributed by atoms with van der Waals surface area (Å²) in [5, 5.41) is 9.42. The smallest absolute Gasteiger partial charge is 0.262 e. The Kier molecular flexibility index (Phi) is 4.27. The Labute approximate surface area is 136 Å². The highest BCUT2D eigenvalue weighted by Crippen LogP contribution is 2.38. The zero-order chi connectivity index (χ0) is 16.6. The topological polar surface area (TPSA) is 75.4 Å². The summed E-state index contributed by atoms with van der Waals surface area (Å²) >= 11 is 0. The lowest BCUT2D eigenvalue weighted by Crippen LogP contribution is -2.36. The first-order valence-electron chi connectivity index (χ1n) is 7.65. The van der Waals surface area contributed by atoms with Gasteiger partial charge in [0.25, 0.3) is 10.0 Å². The lowest BCUT2D eigenvalue weighted by molar-refractivity contribution is 0.225. The largest absolute Gasteiger partial charge is 0.395 e. The average Bonchev–Trinajstić information content (AvgIpc) is 3.09. The monoisotopic (exact) mass is 335 g/mol. The second-order valence-electron chi connectivity index (χ2n) is 5.83. The molecule has 0 fully saturated rings. The quantitative estimate of drug-likeness (QED) is 0.896. The number of aliphatic hydroxyl groups excluding tert-OH is 1. The Balaban J connectivity index is 2.02. The standard InChI is InChI=1S/C16H21N3O3S/c1-12-17-16(11-18(12)2)23(21,22)19(9-10-20)15-8-7-13-5-3-4-6-14(13)15/h3-6,11,15,20H,7-10H2,1-2H3. The van der Waals surface area contributed by atoms with E-state index in [0.29, 0.717) is 5.82 Å². The highest BCUT2D eigenvalue weighted by atomic mass is 32.2. The second-order valence-corrected chi connectivity index (χ2v) is 7.67. The zero-order valence-corrected chi connectivity index (χ0v) is 14.1. The number of aliphatic hydroxyl groups is 1. The predicted octanol–water partition coefficient (Wildman–Crippen LogP) is 1.40. The van der Waals surface area contributed by atoms with Crippen LogP contribution in [0.2, 0.25) is 0 Å². The molecule has 23 heavy (non-hydrogen) atoms. The maximum atomic E-state index is 13.0. The van der Waals surface area contributed by atoms with E-state index in [9.17, 15) is 13.5 Å². The SMILES string of the molecule is Cc1nc(S(=O)(=O)N(CCO)C2CCc3ccccc32)cn1C. The van der Waals surface area contributed by atoms with Crippen molar-refractivity contribution in [1.29, 1.82) is 0 Å². The minimum absolute atomic E-state index is 0.0373. The van der Waals surface area contributed by atoms with Gasteiger partial charge in [0.15, 0.2) is 5.03 Å². The molecule has 0 saturated carbocycles. The zero-order valence-electron chi connectivity index (χ0n) is 13.3. The Bertz CT molecular complexity index is 794. The molecule has 0 bridgehead atoms. The predicted molar refractivity (Wildman–Crippen MR) is 86.4 cm³/mol. The van der Waals surface area contributed by atoms with E-state index >= 15 is 0 Å². The van der Waals surface area contributed by atoms with Crippen molar-refractivity contribution in [1.82, 2.24) is 13.9 Å². The molecular formula is C16H21N3O3S. The molecule has 1 aromatic carbocycles. The van der Waals surface area contributed by atoms with Crippen LogP contribution in [0, 0.1) is 6.92 Å². The number of imidazole rings is 1. The summed E-state index contributed by atoms with van der Waals surface area (Å²) in [5.41, 5.74) is 2.20. The van der Waals surface area contributed by atoms with Gasteiger partial charge in [-0.15, -0.1) is 0 Å². The summed E-state index contributed by atoms with van der Waals surface area (Å²) in [6.45, 7) is 1.61. The van der Waals surface area contributed by atoms with Crippen molar-refractivity contribution in [3.05, 3.63) is 47.4 Å². The molecule has 1 aliphatic carbocycles. The third-order valence-corrected chi connectivity index (χ3v) is 6.21. The average molecular weight is 335 g/mol. The molecule has 1 unspecified atom stereocenters. The number of aryl methyl sites for hydroxylation is 3. The molecule has 1 N–H and O–H groups in total. The number of rotatable bonds is 5. The molecule has 1 heterocycles. The Hall–Kier alpha value is -1.70. The number of benzene rings is 1. The van der Waals surface area contributed by atoms with E-state index in [0.717, 1.165) is 18.4 Å². The summed E-state index contributed by atoms with van der Waals surface area (Å²) in [4.78, 5) is 4.16. The van der Waals surface area contributed by atoms with Crippen LogP contribution < -0.4 is 0 Å². The van der Waals surface area contributed by atoms with E-state index in [1.807, 2.05) is 24.3 Å². The van der Waals surface area contributed by atoms with E-state index in [2.05, 4.69) is 4.98 Å². The van der Waals surface area contributed by atoms with Crippen molar-refractivity contribution in [2.45, 2.75) is 30.8 Å². The fraction of sp³-hybridized carbons (Fsp3) is 0.438. The van der Waals surface area contributed by atoms with Crippen LogP contribution in [0.3, 0.4) is 0 Å². The van der Waals surface area contributed by atoms with Crippen LogP contribution in [0.1, 0.15) is 29.4 Å². The van der Waals surface area contributed by atoms with Crippen LogP contribution in [0.15, 0.2) is 35.5 Å². The Morgan fingerprint density at radius 1 is 1.39 bits per heavy atom. The van der Waals surface area contributed by atoms with Gasteiger partial charge in [-0.3, -0.25) is 0 Å². The van der Waals surface area contributed by atoms with E-state index in [1.165, 1.54) is 16.1 Å². The van der Waals surface area contributed by atoms with Crippen molar-refractivity contribution in [3.63, 3.8) is 0 Å². The molecule has 3 rings (SSSR count). The van der Waals surface area contributed by atoms with Gasteiger partial charge in [-0.25, -0.2) is 13.4 Å². The van der Waals surface area contributed by atoms with Gasteiger partial charge in [0.05, 0.1) is 12.6 Å². The van der Waals surface area contributed by atoms with Gasteiger partial charge in [0.1, 0.15) is 5.82 Å². The third-order valence-electron chi connectivity index (χ3n) is 4.43. The third kappa shape index (κ3) is 2.80. The molecule has 6 nitrogen and oxygen atoms in total. The van der Waals surface area contributed by atoms with Gasteiger partial charge in [-0.1, -0.05) is 24.3 Å². The molecule has 1 aromatic heterocycles. The van der Waals surface area contributed by atoms with Gasteiger partial charge in [0.2, 0.25) is 0 Å². The minimum atomic E-state index is -3.75. The van der Waals surface area contributed by atoms with E-state index < -0.39 is 10.0 Å². The van der Waals surface area contributed by atoms with E-state index in [1.54, 1.807) is 18.5 Å². The lowest BCUT2D eigenvalue weighted by Gasteiger charge is -2.27. The van der Waals surface area contributed by atoms with Crippen LogP contribution in [0.25, 0.3) is 0 Å². The highest BCUT2D eigenvalue weighted by molar-refractivity contribution is 7.89. The van der Waals surface area contributed by atoms with Crippen LogP contribution in [0.5, 0.6) is 0 Å². The number of hydrogen-bond acceptors (Lipinski definition) is 4. The van der Waals surface area contributed by atoms with Crippen LogP contribution in [-0.2, 0) is 23.5 Å². The normalized spacial score (nSPS) is 17.7. The molecule has 0 spiro atoms. The summed E-state index contributed by atoms with van der Waals surface area (Å²) in [6, 6.07) is 7.64. The lowest BCUT2D eigenvalue weighted by atomic mass is 10.1. The van der Waals surface area contributed by atoms with Crippen molar-refractivity contribution >= 4 is 10.0 Å². The molecule has 124 valence electrons. The van der Waals surface area contributed by atoms with Crippen molar-refractivity contribution in [2.24, 2.45) is 7.05 Å². The minimum Gasteiger partial charge on any atom is -0.395 e. The Morgan fingerprint density at radius 3 is 2.78 bits per heavy atom. The first-order chi connectivity index (χ1) is 10.9. The van der Waals surface area contributed by atoms with Crippen molar-refractivity contribution < 1.29 is 13.5 Å². The molecule has 7 heteroatoms. The maximum absolute atomic E-state index is 13.0. The maximum Gasteiger partial charge on any atom is 0.262 e. The molecule has 0 amide bonds. The number of fused-ring (bicyclic) bond motifs is 1. The fourth-order valence-corrected chi connectivity index (χ4v) is 4.80. The highest BCUT2D eigenvalue weighted by Gasteiger charge is 2.37. The van der Waals surface area contributed by atoms with Gasteiger partial charge in [-0.05, 0) is 30.9 Å². The van der Waals surface area contributed by atoms with Crippen molar-refractivity contribution in [2.75, 3.05) is 13.2 Å². The van der Waals surface area contributed by atoms with Crippen molar-refractivity contribution in [3.8, 4) is 0 Å². The van der Waals surface area contributed by atoms with Crippen LogP contribution in [0.4, 0.5) is 0 Å². The van der Waals surface area contributed by atoms with Crippen LogP contribution in [-0.4, -0.2) is 40.5 Å². The molecule has 1 atom stereocenters.